The predicted molar refractivity (Wildman–Crippen MR) is 96.7 cm³/mol. The first-order valence-corrected chi connectivity index (χ1v) is 9.11. The van der Waals surface area contributed by atoms with Crippen molar-refractivity contribution in [2.75, 3.05) is 13.2 Å². The maximum absolute atomic E-state index is 12.4. The Hall–Kier alpha value is -1.30. The van der Waals surface area contributed by atoms with Gasteiger partial charge >= 0.3 is 11.9 Å². The number of carbonyl (C=O) groups excluding carboxylic acids is 3. The molecule has 0 aromatic heterocycles. The lowest BCUT2D eigenvalue weighted by molar-refractivity contribution is -0.172. The molecule has 0 rings (SSSR count). The van der Waals surface area contributed by atoms with Crippen LogP contribution in [-0.2, 0) is 23.9 Å². The molecule has 0 saturated heterocycles. The monoisotopic (exact) mass is 358 g/mol. The summed E-state index contributed by atoms with van der Waals surface area (Å²) in [5.41, 5.74) is -1.42. The molecular formula is C18H30O5S. The molecule has 0 aliphatic heterocycles. The van der Waals surface area contributed by atoms with Gasteiger partial charge in [-0.3, -0.25) is 14.4 Å². The minimum Gasteiger partial charge on any atom is -0.465 e. The fraction of sp³-hybridized carbons (Fsp3) is 0.722. The molecule has 0 radical (unpaired) electrons. The molecule has 0 amide bonds. The van der Waals surface area contributed by atoms with Crippen LogP contribution in [0.5, 0.6) is 0 Å². The Morgan fingerprint density at radius 3 is 1.92 bits per heavy atom. The van der Waals surface area contributed by atoms with E-state index in [2.05, 4.69) is 6.58 Å². The standard InChI is InChI=1S/C18H30O5S/c1-7-12-18(15(20)22-8-2,16(21)23-9-3)13-10-11-14(19)24-17(4,5)6/h7H,1,8-13H2,2-6H3. The molecule has 0 aromatic rings. The van der Waals surface area contributed by atoms with E-state index in [1.165, 1.54) is 17.8 Å². The summed E-state index contributed by atoms with van der Waals surface area (Å²) in [7, 11) is 0. The molecule has 0 N–H and O–H groups in total. The molecule has 0 aliphatic carbocycles. The molecule has 24 heavy (non-hydrogen) atoms. The second-order valence-electron chi connectivity index (χ2n) is 6.46. The number of hydrogen-bond donors (Lipinski definition) is 0. The van der Waals surface area contributed by atoms with E-state index in [-0.39, 0.29) is 35.9 Å². The van der Waals surface area contributed by atoms with Crippen molar-refractivity contribution in [3.05, 3.63) is 12.7 Å². The van der Waals surface area contributed by atoms with Crippen LogP contribution in [0.15, 0.2) is 12.7 Å². The van der Waals surface area contributed by atoms with Crippen LogP contribution in [-0.4, -0.2) is 35.0 Å². The Labute approximate surface area is 149 Å². The summed E-state index contributed by atoms with van der Waals surface area (Å²) in [4.78, 5) is 36.8. The van der Waals surface area contributed by atoms with E-state index in [9.17, 15) is 14.4 Å². The average Bonchev–Trinajstić information content (AvgIpc) is 2.44. The van der Waals surface area contributed by atoms with E-state index in [0.717, 1.165) is 0 Å². The van der Waals surface area contributed by atoms with Gasteiger partial charge in [0.1, 0.15) is 0 Å². The fourth-order valence-corrected chi connectivity index (χ4v) is 3.20. The van der Waals surface area contributed by atoms with E-state index in [0.29, 0.717) is 12.8 Å². The highest BCUT2D eigenvalue weighted by Crippen LogP contribution is 2.34. The molecule has 0 saturated carbocycles. The number of esters is 2. The first-order chi connectivity index (χ1) is 11.1. The number of hydrogen-bond acceptors (Lipinski definition) is 6. The zero-order valence-corrected chi connectivity index (χ0v) is 16.3. The third-order valence-corrected chi connectivity index (χ3v) is 4.27. The van der Waals surface area contributed by atoms with Crippen LogP contribution in [0.1, 0.15) is 60.3 Å². The van der Waals surface area contributed by atoms with E-state index >= 15 is 0 Å². The Kier molecular flexibility index (Phi) is 9.97. The van der Waals surface area contributed by atoms with Crippen molar-refractivity contribution in [3.63, 3.8) is 0 Å². The molecular weight excluding hydrogens is 328 g/mol. The van der Waals surface area contributed by atoms with Crippen LogP contribution in [0, 0.1) is 5.41 Å². The van der Waals surface area contributed by atoms with Crippen molar-refractivity contribution in [1.82, 2.24) is 0 Å². The lowest BCUT2D eigenvalue weighted by Gasteiger charge is -2.28. The molecule has 0 atom stereocenters. The van der Waals surface area contributed by atoms with Crippen molar-refractivity contribution < 1.29 is 23.9 Å². The maximum atomic E-state index is 12.4. The number of allylic oxidation sites excluding steroid dienone is 1. The normalized spacial score (nSPS) is 11.7. The number of carbonyl (C=O) groups is 3. The Morgan fingerprint density at radius 1 is 1.04 bits per heavy atom. The highest BCUT2D eigenvalue weighted by molar-refractivity contribution is 8.14. The summed E-state index contributed by atoms with van der Waals surface area (Å²) in [6, 6.07) is 0. The highest BCUT2D eigenvalue weighted by Gasteiger charge is 2.47. The van der Waals surface area contributed by atoms with Gasteiger partial charge in [0, 0.05) is 11.2 Å². The average molecular weight is 359 g/mol. The van der Waals surface area contributed by atoms with Gasteiger partial charge in [-0.05, 0) is 33.1 Å². The van der Waals surface area contributed by atoms with Gasteiger partial charge in [-0.1, -0.05) is 38.6 Å². The minimum atomic E-state index is -1.42. The minimum absolute atomic E-state index is 0.0442. The Bertz CT molecular complexity index is 433. The number of thioether (sulfide) groups is 1. The zero-order chi connectivity index (χ0) is 18.8. The molecule has 5 nitrogen and oxygen atoms in total. The van der Waals surface area contributed by atoms with Crippen LogP contribution < -0.4 is 0 Å². The summed E-state index contributed by atoms with van der Waals surface area (Å²) in [6.07, 6.45) is 2.55. The molecule has 0 fully saturated rings. The molecule has 0 aromatic carbocycles. The van der Waals surface area contributed by atoms with Crippen molar-refractivity contribution in [3.8, 4) is 0 Å². The van der Waals surface area contributed by atoms with Crippen LogP contribution in [0.25, 0.3) is 0 Å². The molecule has 0 unspecified atom stereocenters. The quantitative estimate of drug-likeness (QED) is 0.335. The third kappa shape index (κ3) is 7.51. The second-order valence-corrected chi connectivity index (χ2v) is 8.34. The van der Waals surface area contributed by atoms with E-state index in [1.54, 1.807) is 13.8 Å². The summed E-state index contributed by atoms with van der Waals surface area (Å²) in [5.74, 6) is -1.22. The predicted octanol–water partition coefficient (Wildman–Crippen LogP) is 3.90. The van der Waals surface area contributed by atoms with Crippen LogP contribution in [0.4, 0.5) is 0 Å². The zero-order valence-electron chi connectivity index (χ0n) is 15.5. The first kappa shape index (κ1) is 22.7. The topological polar surface area (TPSA) is 69.7 Å². The molecule has 0 aliphatic rings. The Morgan fingerprint density at radius 2 is 1.54 bits per heavy atom. The van der Waals surface area contributed by atoms with Crippen LogP contribution in [0.3, 0.4) is 0 Å². The number of ether oxygens (including phenoxy) is 2. The van der Waals surface area contributed by atoms with Gasteiger partial charge in [0.25, 0.3) is 0 Å². The molecule has 0 spiro atoms. The maximum Gasteiger partial charge on any atom is 0.323 e. The Balaban J connectivity index is 5.10. The van der Waals surface area contributed by atoms with Gasteiger partial charge in [0.15, 0.2) is 10.5 Å². The summed E-state index contributed by atoms with van der Waals surface area (Å²) >= 11 is 1.27. The summed E-state index contributed by atoms with van der Waals surface area (Å²) in [5, 5.41) is 0.0442. The smallest absolute Gasteiger partial charge is 0.323 e. The summed E-state index contributed by atoms with van der Waals surface area (Å²) < 4.78 is 10.0. The van der Waals surface area contributed by atoms with Crippen molar-refractivity contribution in [2.45, 2.75) is 65.0 Å². The van der Waals surface area contributed by atoms with Gasteiger partial charge in [0.05, 0.1) is 13.2 Å². The van der Waals surface area contributed by atoms with Crippen molar-refractivity contribution >= 4 is 28.8 Å². The fourth-order valence-electron chi connectivity index (χ4n) is 2.27. The van der Waals surface area contributed by atoms with E-state index < -0.39 is 17.4 Å². The van der Waals surface area contributed by atoms with E-state index in [1.807, 2.05) is 20.8 Å². The largest absolute Gasteiger partial charge is 0.465 e. The summed E-state index contributed by atoms with van der Waals surface area (Å²) in [6.45, 7) is 13.3. The van der Waals surface area contributed by atoms with Crippen molar-refractivity contribution in [1.29, 1.82) is 0 Å². The SMILES string of the molecule is C=CCC(CCCC(=O)SC(C)(C)C)(C(=O)OCC)C(=O)OCC. The van der Waals surface area contributed by atoms with Gasteiger partial charge in [-0.2, -0.15) is 0 Å². The van der Waals surface area contributed by atoms with E-state index in [4.69, 9.17) is 9.47 Å². The number of rotatable bonds is 10. The van der Waals surface area contributed by atoms with Gasteiger partial charge in [-0.25, -0.2) is 0 Å². The molecule has 138 valence electrons. The van der Waals surface area contributed by atoms with Crippen LogP contribution >= 0.6 is 11.8 Å². The van der Waals surface area contributed by atoms with Gasteiger partial charge in [0.2, 0.25) is 0 Å². The lowest BCUT2D eigenvalue weighted by atomic mass is 9.79. The lowest BCUT2D eigenvalue weighted by Crippen LogP contribution is -2.42. The third-order valence-electron chi connectivity index (χ3n) is 3.23. The first-order valence-electron chi connectivity index (χ1n) is 8.30. The molecule has 0 heterocycles. The van der Waals surface area contributed by atoms with Crippen LogP contribution in [0.2, 0.25) is 0 Å². The molecule has 6 heteroatoms. The van der Waals surface area contributed by atoms with Gasteiger partial charge < -0.3 is 9.47 Å². The van der Waals surface area contributed by atoms with Gasteiger partial charge in [-0.15, -0.1) is 6.58 Å². The molecule has 0 bridgehead atoms. The highest BCUT2D eigenvalue weighted by atomic mass is 32.2. The second kappa shape index (κ2) is 10.5. The van der Waals surface area contributed by atoms with Crippen molar-refractivity contribution in [2.24, 2.45) is 5.41 Å².